The van der Waals surface area contributed by atoms with Crippen molar-refractivity contribution in [2.75, 3.05) is 19.0 Å². The predicted molar refractivity (Wildman–Crippen MR) is 92.4 cm³/mol. The molecule has 1 aliphatic carbocycles. The lowest BCUT2D eigenvalue weighted by Gasteiger charge is -2.07. The quantitative estimate of drug-likeness (QED) is 0.818. The van der Waals surface area contributed by atoms with Crippen molar-refractivity contribution in [2.24, 2.45) is 17.3 Å². The summed E-state index contributed by atoms with van der Waals surface area (Å²) < 4.78 is 6.99. The van der Waals surface area contributed by atoms with Gasteiger partial charge in [-0.2, -0.15) is 5.10 Å². The Balaban J connectivity index is 2.13. The number of aryl methyl sites for hydroxylation is 1. The molecule has 128 valence electrons. The first kappa shape index (κ1) is 17.7. The molecule has 2 atom stereocenters. The minimum Gasteiger partial charge on any atom is -0.383 e. The van der Waals surface area contributed by atoms with E-state index >= 15 is 0 Å². The van der Waals surface area contributed by atoms with Gasteiger partial charge in [0.05, 0.1) is 36.1 Å². The van der Waals surface area contributed by atoms with Crippen LogP contribution in [0.15, 0.2) is 11.6 Å². The molecule has 1 N–H and O–H groups in total. The first-order chi connectivity index (χ1) is 10.7. The lowest BCUT2D eigenvalue weighted by Crippen LogP contribution is -2.18. The van der Waals surface area contributed by atoms with Gasteiger partial charge in [-0.3, -0.25) is 9.48 Å². The second-order valence-corrected chi connectivity index (χ2v) is 7.32. The van der Waals surface area contributed by atoms with Crippen molar-refractivity contribution < 1.29 is 9.53 Å². The maximum atomic E-state index is 12.7. The number of aromatic nitrogens is 2. The summed E-state index contributed by atoms with van der Waals surface area (Å²) in [5.74, 6) is 0.435. The van der Waals surface area contributed by atoms with Crippen LogP contribution in [0.2, 0.25) is 0 Å². The van der Waals surface area contributed by atoms with E-state index in [1.54, 1.807) is 7.11 Å². The van der Waals surface area contributed by atoms with Crippen molar-refractivity contribution in [3.63, 3.8) is 0 Å². The Hall–Kier alpha value is -1.62. The number of carbonyl (C=O) groups is 1. The van der Waals surface area contributed by atoms with E-state index in [-0.39, 0.29) is 17.2 Å². The van der Waals surface area contributed by atoms with Gasteiger partial charge >= 0.3 is 0 Å². The van der Waals surface area contributed by atoms with E-state index in [1.165, 1.54) is 5.57 Å². The number of carbonyl (C=O) groups excluding carboxylic acids is 1. The molecule has 0 bridgehead atoms. The summed E-state index contributed by atoms with van der Waals surface area (Å²) in [7, 11) is 1.67. The zero-order chi connectivity index (χ0) is 17.4. The third-order valence-electron chi connectivity index (χ3n) is 4.84. The third-order valence-corrected chi connectivity index (χ3v) is 4.84. The van der Waals surface area contributed by atoms with Crippen LogP contribution in [0.5, 0.6) is 0 Å². The summed E-state index contributed by atoms with van der Waals surface area (Å²) in [6.07, 6.45) is 2.21. The molecule has 0 spiro atoms. The van der Waals surface area contributed by atoms with Crippen LogP contribution in [0.3, 0.4) is 0 Å². The van der Waals surface area contributed by atoms with E-state index in [2.05, 4.69) is 44.2 Å². The number of rotatable bonds is 6. The molecule has 1 amide bonds. The zero-order valence-electron chi connectivity index (χ0n) is 15.4. The van der Waals surface area contributed by atoms with Gasteiger partial charge in [-0.05, 0) is 39.0 Å². The Bertz CT molecular complexity index is 624. The fourth-order valence-electron chi connectivity index (χ4n) is 3.32. The predicted octanol–water partition coefficient (Wildman–Crippen LogP) is 3.32. The molecule has 5 heteroatoms. The molecule has 1 heterocycles. The normalized spacial score (nSPS) is 21.9. The van der Waals surface area contributed by atoms with E-state index in [0.29, 0.717) is 19.1 Å². The molecule has 5 nitrogen and oxygen atoms in total. The molecule has 1 saturated carbocycles. The summed E-state index contributed by atoms with van der Waals surface area (Å²) in [4.78, 5) is 12.7. The van der Waals surface area contributed by atoms with Crippen molar-refractivity contribution in [1.29, 1.82) is 0 Å². The first-order valence-corrected chi connectivity index (χ1v) is 8.19. The van der Waals surface area contributed by atoms with Gasteiger partial charge in [-0.15, -0.1) is 0 Å². The van der Waals surface area contributed by atoms with Crippen molar-refractivity contribution in [3.05, 3.63) is 23.0 Å². The number of anilines is 1. The summed E-state index contributed by atoms with van der Waals surface area (Å²) in [6, 6.07) is 0. The minimum absolute atomic E-state index is 0.0230. The van der Waals surface area contributed by atoms with Gasteiger partial charge in [-0.1, -0.05) is 25.5 Å². The van der Waals surface area contributed by atoms with Crippen LogP contribution in [-0.2, 0) is 16.1 Å². The van der Waals surface area contributed by atoms with Gasteiger partial charge in [0.1, 0.15) is 0 Å². The van der Waals surface area contributed by atoms with Crippen molar-refractivity contribution in [3.8, 4) is 0 Å². The molecule has 0 aliphatic heterocycles. The van der Waals surface area contributed by atoms with E-state index in [1.807, 2.05) is 18.5 Å². The minimum atomic E-state index is 0.0230. The van der Waals surface area contributed by atoms with E-state index in [9.17, 15) is 4.79 Å². The molecular formula is C18H29N3O2. The van der Waals surface area contributed by atoms with Crippen LogP contribution in [0, 0.1) is 31.1 Å². The topological polar surface area (TPSA) is 56.1 Å². The monoisotopic (exact) mass is 319 g/mol. The molecule has 0 radical (unpaired) electrons. The second-order valence-electron chi connectivity index (χ2n) is 7.32. The SMILES string of the molecule is COCCn1nc(C)c(NC(=O)[C@@H]2[C@@H](C=C(C)C)C2(C)C)c1C. The van der Waals surface area contributed by atoms with Crippen LogP contribution >= 0.6 is 0 Å². The van der Waals surface area contributed by atoms with E-state index in [4.69, 9.17) is 4.74 Å². The lowest BCUT2D eigenvalue weighted by molar-refractivity contribution is -0.118. The second kappa shape index (κ2) is 6.48. The highest BCUT2D eigenvalue weighted by Crippen LogP contribution is 2.59. The maximum absolute atomic E-state index is 12.7. The zero-order valence-corrected chi connectivity index (χ0v) is 15.4. The highest BCUT2D eigenvalue weighted by Gasteiger charge is 2.60. The Morgan fingerprint density at radius 2 is 2.04 bits per heavy atom. The van der Waals surface area contributed by atoms with Gasteiger partial charge in [-0.25, -0.2) is 0 Å². The number of hydrogen-bond acceptors (Lipinski definition) is 3. The Labute approximate surface area is 139 Å². The number of amides is 1. The fraction of sp³-hybridized carbons (Fsp3) is 0.667. The number of nitrogens with one attached hydrogen (secondary N) is 1. The molecule has 0 unspecified atom stereocenters. The number of hydrogen-bond donors (Lipinski definition) is 1. The Morgan fingerprint density at radius 1 is 1.39 bits per heavy atom. The van der Waals surface area contributed by atoms with Crippen LogP contribution in [0.4, 0.5) is 5.69 Å². The third kappa shape index (κ3) is 3.50. The van der Waals surface area contributed by atoms with E-state index < -0.39 is 0 Å². The smallest absolute Gasteiger partial charge is 0.228 e. The summed E-state index contributed by atoms with van der Waals surface area (Å²) in [5.41, 5.74) is 3.95. The summed E-state index contributed by atoms with van der Waals surface area (Å²) in [5, 5.41) is 7.60. The molecule has 23 heavy (non-hydrogen) atoms. The average Bonchev–Trinajstić information content (AvgIpc) is 2.87. The Kier molecular flexibility index (Phi) is 4.99. The van der Waals surface area contributed by atoms with Crippen molar-refractivity contribution in [1.82, 2.24) is 9.78 Å². The van der Waals surface area contributed by atoms with Gasteiger partial charge in [0.2, 0.25) is 5.91 Å². The van der Waals surface area contributed by atoms with Crippen molar-refractivity contribution >= 4 is 11.6 Å². The fourth-order valence-corrected chi connectivity index (χ4v) is 3.32. The van der Waals surface area contributed by atoms with Crippen LogP contribution in [0.1, 0.15) is 39.1 Å². The molecule has 1 aliphatic rings. The number of allylic oxidation sites excluding steroid dienone is 2. The van der Waals surface area contributed by atoms with Gasteiger partial charge in [0.15, 0.2) is 0 Å². The average molecular weight is 319 g/mol. The Morgan fingerprint density at radius 3 is 2.61 bits per heavy atom. The first-order valence-electron chi connectivity index (χ1n) is 8.19. The summed E-state index contributed by atoms with van der Waals surface area (Å²) in [6.45, 7) is 13.7. The molecule has 0 aromatic carbocycles. The number of ether oxygens (including phenoxy) is 1. The largest absolute Gasteiger partial charge is 0.383 e. The molecule has 2 rings (SSSR count). The lowest BCUT2D eigenvalue weighted by atomic mass is 10.1. The van der Waals surface area contributed by atoms with Crippen molar-refractivity contribution in [2.45, 2.75) is 48.1 Å². The molecule has 1 aromatic heterocycles. The standard InChI is InChI=1S/C18H29N3O2/c1-11(2)10-14-15(18(14,5)6)17(22)19-16-12(3)20-21(13(16)4)8-9-23-7/h10,14-15H,8-9H2,1-7H3,(H,19,22)/t14-,15+/m1/s1. The molecule has 0 saturated heterocycles. The number of methoxy groups -OCH3 is 1. The van der Waals surface area contributed by atoms with Crippen LogP contribution < -0.4 is 5.32 Å². The maximum Gasteiger partial charge on any atom is 0.228 e. The number of nitrogens with zero attached hydrogens (tertiary/aromatic N) is 2. The highest BCUT2D eigenvalue weighted by molar-refractivity contribution is 5.96. The van der Waals surface area contributed by atoms with Crippen LogP contribution in [-0.4, -0.2) is 29.4 Å². The molecule has 1 aromatic rings. The van der Waals surface area contributed by atoms with E-state index in [0.717, 1.165) is 17.1 Å². The van der Waals surface area contributed by atoms with Gasteiger partial charge in [0.25, 0.3) is 0 Å². The van der Waals surface area contributed by atoms with Gasteiger partial charge in [0, 0.05) is 7.11 Å². The van der Waals surface area contributed by atoms with Crippen LogP contribution in [0.25, 0.3) is 0 Å². The molecule has 1 fully saturated rings. The summed E-state index contributed by atoms with van der Waals surface area (Å²) >= 11 is 0. The highest BCUT2D eigenvalue weighted by atomic mass is 16.5. The molecular weight excluding hydrogens is 290 g/mol. The van der Waals surface area contributed by atoms with Gasteiger partial charge < -0.3 is 10.1 Å².